The van der Waals surface area contributed by atoms with Crippen LogP contribution in [0.1, 0.15) is 44.2 Å². The van der Waals surface area contributed by atoms with E-state index in [1.165, 1.54) is 18.4 Å². The van der Waals surface area contributed by atoms with Gasteiger partial charge in [0.05, 0.1) is 6.54 Å². The van der Waals surface area contributed by atoms with Crippen LogP contribution in [0, 0.1) is 0 Å². The topological polar surface area (TPSA) is 41.1 Å². The van der Waals surface area contributed by atoms with Crippen LogP contribution >= 0.6 is 11.3 Å². The highest BCUT2D eigenvalue weighted by Gasteiger charge is 2.17. The molecule has 0 saturated heterocycles. The van der Waals surface area contributed by atoms with Gasteiger partial charge in [0.1, 0.15) is 0 Å². The summed E-state index contributed by atoms with van der Waals surface area (Å²) in [5, 5.41) is 10.5. The molecular weight excluding hydrogens is 232 g/mol. The summed E-state index contributed by atoms with van der Waals surface area (Å²) in [4.78, 5) is 11.7. The van der Waals surface area contributed by atoms with E-state index in [0.717, 1.165) is 12.8 Å². The average molecular weight is 252 g/mol. The molecule has 1 aromatic heterocycles. The molecule has 1 heterocycles. The second kappa shape index (κ2) is 6.17. The van der Waals surface area contributed by atoms with Gasteiger partial charge in [-0.3, -0.25) is 4.79 Å². The van der Waals surface area contributed by atoms with Crippen LogP contribution in [0.5, 0.6) is 0 Å². The van der Waals surface area contributed by atoms with Gasteiger partial charge in [-0.05, 0) is 42.2 Å². The molecule has 0 aliphatic heterocycles. The van der Waals surface area contributed by atoms with Gasteiger partial charge in [-0.2, -0.15) is 11.3 Å². The summed E-state index contributed by atoms with van der Waals surface area (Å²) in [6, 6.07) is 2.76. The van der Waals surface area contributed by atoms with E-state index in [-0.39, 0.29) is 11.9 Å². The first kappa shape index (κ1) is 12.6. The smallest absolute Gasteiger partial charge is 0.234 e. The maximum absolute atomic E-state index is 11.7. The molecule has 0 aromatic carbocycles. The largest absolute Gasteiger partial charge is 0.352 e. The second-order valence-corrected chi connectivity index (χ2v) is 5.49. The van der Waals surface area contributed by atoms with Gasteiger partial charge in [0.25, 0.3) is 0 Å². The van der Waals surface area contributed by atoms with Gasteiger partial charge in [0, 0.05) is 12.1 Å². The number of carbonyl (C=O) groups is 1. The Morgan fingerprint density at radius 1 is 1.53 bits per heavy atom. The van der Waals surface area contributed by atoms with E-state index in [2.05, 4.69) is 34.4 Å². The molecule has 1 aromatic rings. The fraction of sp³-hybridized carbons (Fsp3) is 0.615. The molecule has 1 aliphatic rings. The van der Waals surface area contributed by atoms with E-state index in [4.69, 9.17) is 0 Å². The number of nitrogens with one attached hydrogen (secondary N) is 2. The van der Waals surface area contributed by atoms with E-state index in [0.29, 0.717) is 12.6 Å². The molecular formula is C13H20N2OS. The molecule has 1 aliphatic carbocycles. The monoisotopic (exact) mass is 252 g/mol. The molecule has 0 spiro atoms. The highest BCUT2D eigenvalue weighted by atomic mass is 32.1. The fourth-order valence-corrected chi connectivity index (χ4v) is 2.99. The van der Waals surface area contributed by atoms with Gasteiger partial charge in [-0.1, -0.05) is 12.8 Å². The maximum Gasteiger partial charge on any atom is 0.234 e. The van der Waals surface area contributed by atoms with Crippen molar-refractivity contribution in [1.82, 2.24) is 10.6 Å². The van der Waals surface area contributed by atoms with E-state index >= 15 is 0 Å². The zero-order chi connectivity index (χ0) is 12.1. The third-order valence-corrected chi connectivity index (χ3v) is 4.03. The SMILES string of the molecule is CC(NCC(=O)NC1CCCC1)c1ccsc1. The summed E-state index contributed by atoms with van der Waals surface area (Å²) < 4.78 is 0. The van der Waals surface area contributed by atoms with Gasteiger partial charge in [-0.25, -0.2) is 0 Å². The van der Waals surface area contributed by atoms with Crippen LogP contribution in [-0.2, 0) is 4.79 Å². The maximum atomic E-state index is 11.7. The lowest BCUT2D eigenvalue weighted by molar-refractivity contribution is -0.121. The number of hydrogen-bond acceptors (Lipinski definition) is 3. The second-order valence-electron chi connectivity index (χ2n) is 4.71. The Hall–Kier alpha value is -0.870. The molecule has 1 fully saturated rings. The number of amides is 1. The van der Waals surface area contributed by atoms with Crippen LogP contribution in [0.25, 0.3) is 0 Å². The molecule has 1 atom stereocenters. The lowest BCUT2D eigenvalue weighted by atomic mass is 10.2. The summed E-state index contributed by atoms with van der Waals surface area (Å²) >= 11 is 1.69. The van der Waals surface area contributed by atoms with Crippen molar-refractivity contribution in [2.45, 2.75) is 44.7 Å². The molecule has 2 rings (SSSR count). The normalized spacial score (nSPS) is 18.2. The van der Waals surface area contributed by atoms with Crippen molar-refractivity contribution in [3.8, 4) is 0 Å². The molecule has 1 amide bonds. The highest BCUT2D eigenvalue weighted by Crippen LogP contribution is 2.17. The van der Waals surface area contributed by atoms with Crippen LogP contribution in [0.4, 0.5) is 0 Å². The van der Waals surface area contributed by atoms with Crippen molar-refractivity contribution >= 4 is 17.2 Å². The van der Waals surface area contributed by atoms with Crippen molar-refractivity contribution in [1.29, 1.82) is 0 Å². The molecule has 4 heteroatoms. The average Bonchev–Trinajstić information content (AvgIpc) is 2.97. The number of thiophene rings is 1. The van der Waals surface area contributed by atoms with Crippen molar-refractivity contribution in [3.05, 3.63) is 22.4 Å². The third kappa shape index (κ3) is 3.82. The first-order chi connectivity index (χ1) is 8.25. The molecule has 3 nitrogen and oxygen atoms in total. The molecule has 2 N–H and O–H groups in total. The summed E-state index contributed by atoms with van der Waals surface area (Å²) in [7, 11) is 0. The minimum absolute atomic E-state index is 0.124. The van der Waals surface area contributed by atoms with Crippen molar-refractivity contribution in [3.63, 3.8) is 0 Å². The van der Waals surface area contributed by atoms with E-state index in [1.54, 1.807) is 11.3 Å². The van der Waals surface area contributed by atoms with Gasteiger partial charge in [-0.15, -0.1) is 0 Å². The Balaban J connectivity index is 1.68. The Morgan fingerprint density at radius 3 is 2.94 bits per heavy atom. The van der Waals surface area contributed by atoms with Crippen molar-refractivity contribution in [2.24, 2.45) is 0 Å². The van der Waals surface area contributed by atoms with Crippen LogP contribution in [0.2, 0.25) is 0 Å². The van der Waals surface area contributed by atoms with Crippen LogP contribution < -0.4 is 10.6 Å². The van der Waals surface area contributed by atoms with E-state index in [1.807, 2.05) is 0 Å². The Kier molecular flexibility index (Phi) is 4.57. The van der Waals surface area contributed by atoms with Gasteiger partial charge < -0.3 is 10.6 Å². The minimum Gasteiger partial charge on any atom is -0.352 e. The van der Waals surface area contributed by atoms with Gasteiger partial charge in [0.2, 0.25) is 5.91 Å². The van der Waals surface area contributed by atoms with Crippen LogP contribution in [-0.4, -0.2) is 18.5 Å². The lowest BCUT2D eigenvalue weighted by Crippen LogP contribution is -2.39. The first-order valence-corrected chi connectivity index (χ1v) is 7.25. The summed E-state index contributed by atoms with van der Waals surface area (Å²) in [5.74, 6) is 0.124. The fourth-order valence-electron chi connectivity index (χ4n) is 2.23. The number of hydrogen-bond donors (Lipinski definition) is 2. The van der Waals surface area contributed by atoms with E-state index in [9.17, 15) is 4.79 Å². The predicted octanol–water partition coefficient (Wildman–Crippen LogP) is 2.46. The minimum atomic E-state index is 0.124. The Labute approximate surface area is 107 Å². The Bertz CT molecular complexity index is 344. The standard InChI is InChI=1S/C13H20N2OS/c1-10(11-6-7-17-9-11)14-8-13(16)15-12-4-2-3-5-12/h6-7,9-10,12,14H,2-5,8H2,1H3,(H,15,16). The molecule has 17 heavy (non-hydrogen) atoms. The van der Waals surface area contributed by atoms with Gasteiger partial charge in [0.15, 0.2) is 0 Å². The predicted molar refractivity (Wildman–Crippen MR) is 71.1 cm³/mol. The van der Waals surface area contributed by atoms with E-state index < -0.39 is 0 Å². The Morgan fingerprint density at radius 2 is 2.29 bits per heavy atom. The molecule has 1 unspecified atom stereocenters. The molecule has 1 saturated carbocycles. The quantitative estimate of drug-likeness (QED) is 0.845. The molecule has 94 valence electrons. The zero-order valence-electron chi connectivity index (χ0n) is 10.2. The van der Waals surface area contributed by atoms with Crippen LogP contribution in [0.3, 0.4) is 0 Å². The summed E-state index contributed by atoms with van der Waals surface area (Å²) in [6.45, 7) is 2.50. The van der Waals surface area contributed by atoms with Crippen molar-refractivity contribution in [2.75, 3.05) is 6.54 Å². The highest BCUT2D eigenvalue weighted by molar-refractivity contribution is 7.07. The first-order valence-electron chi connectivity index (χ1n) is 6.30. The molecule has 0 bridgehead atoms. The van der Waals surface area contributed by atoms with Crippen molar-refractivity contribution < 1.29 is 4.79 Å². The third-order valence-electron chi connectivity index (χ3n) is 3.33. The zero-order valence-corrected chi connectivity index (χ0v) is 11.1. The van der Waals surface area contributed by atoms with Crippen LogP contribution in [0.15, 0.2) is 16.8 Å². The number of carbonyl (C=O) groups excluding carboxylic acids is 1. The van der Waals surface area contributed by atoms with Gasteiger partial charge >= 0.3 is 0 Å². The summed E-state index contributed by atoms with van der Waals surface area (Å²) in [5.41, 5.74) is 1.25. The molecule has 0 radical (unpaired) electrons. The number of rotatable bonds is 5. The summed E-state index contributed by atoms with van der Waals surface area (Å²) in [6.07, 6.45) is 4.80. The lowest BCUT2D eigenvalue weighted by Gasteiger charge is -2.15.